The van der Waals surface area contributed by atoms with Gasteiger partial charge in [-0.2, -0.15) is 0 Å². The Balaban J connectivity index is 1.53. The third-order valence-corrected chi connectivity index (χ3v) is 8.83. The largest absolute Gasteiger partial charge is 0.493 e. The number of halogens is 1. The maximum Gasteiger partial charge on any atom is 0.223 e. The Morgan fingerprint density at radius 2 is 1.59 bits per heavy atom. The first-order valence-corrected chi connectivity index (χ1v) is 14.4. The summed E-state index contributed by atoms with van der Waals surface area (Å²) in [7, 11) is -1.78. The standard InChI is InChI=1S/C29H33ClN2O4S/c1-31(20-24-9-4-2-5-10-24)28(33)19-29(23-36-27-15-13-26(30)14-16-27)17-8-18-32(22-29)37(34,35)21-25-11-6-3-7-12-25/h2-7,9-16H,8,17-23H2,1H3. The predicted molar refractivity (Wildman–Crippen MR) is 147 cm³/mol. The van der Waals surface area contributed by atoms with E-state index in [2.05, 4.69) is 0 Å². The third-order valence-electron chi connectivity index (χ3n) is 6.78. The summed E-state index contributed by atoms with van der Waals surface area (Å²) in [5.74, 6) is 0.535. The van der Waals surface area contributed by atoms with Gasteiger partial charge in [-0.3, -0.25) is 4.79 Å². The SMILES string of the molecule is CN(Cc1ccccc1)C(=O)CC1(COc2ccc(Cl)cc2)CCCN(S(=O)(=O)Cc2ccccc2)C1. The van der Waals surface area contributed by atoms with Gasteiger partial charge in [0.25, 0.3) is 0 Å². The minimum absolute atomic E-state index is 0.0362. The van der Waals surface area contributed by atoms with Gasteiger partial charge in [0, 0.05) is 43.5 Å². The number of ether oxygens (including phenoxy) is 1. The van der Waals surface area contributed by atoms with Gasteiger partial charge in [-0.25, -0.2) is 12.7 Å². The summed E-state index contributed by atoms with van der Waals surface area (Å²) in [6.45, 7) is 1.40. The Morgan fingerprint density at radius 1 is 0.973 bits per heavy atom. The van der Waals surface area contributed by atoms with Gasteiger partial charge in [0.05, 0.1) is 12.4 Å². The lowest BCUT2D eigenvalue weighted by Gasteiger charge is -2.42. The van der Waals surface area contributed by atoms with E-state index in [-0.39, 0.29) is 31.2 Å². The monoisotopic (exact) mass is 540 g/mol. The highest BCUT2D eigenvalue weighted by Crippen LogP contribution is 2.37. The zero-order valence-corrected chi connectivity index (χ0v) is 22.6. The number of nitrogens with zero attached hydrogens (tertiary/aromatic N) is 2. The van der Waals surface area contributed by atoms with Crippen molar-refractivity contribution in [2.75, 3.05) is 26.7 Å². The summed E-state index contributed by atoms with van der Waals surface area (Å²) < 4.78 is 34.5. The Kier molecular flexibility index (Phi) is 8.90. The summed E-state index contributed by atoms with van der Waals surface area (Å²) in [5.41, 5.74) is 1.14. The highest BCUT2D eigenvalue weighted by Gasteiger charge is 2.42. The molecule has 1 unspecified atom stereocenters. The molecule has 1 fully saturated rings. The Labute approximate surface area is 224 Å². The molecular formula is C29H33ClN2O4S. The third kappa shape index (κ3) is 7.57. The molecule has 4 rings (SSSR count). The van der Waals surface area contributed by atoms with Crippen molar-refractivity contribution in [2.45, 2.75) is 31.6 Å². The number of carbonyl (C=O) groups excluding carboxylic acids is 1. The molecule has 1 aliphatic rings. The highest BCUT2D eigenvalue weighted by molar-refractivity contribution is 7.88. The van der Waals surface area contributed by atoms with Crippen LogP contribution in [-0.2, 0) is 27.1 Å². The molecule has 1 atom stereocenters. The Hall–Kier alpha value is -2.87. The van der Waals surface area contributed by atoms with Gasteiger partial charge in [-0.05, 0) is 48.2 Å². The predicted octanol–water partition coefficient (Wildman–Crippen LogP) is 5.38. The van der Waals surface area contributed by atoms with Crippen molar-refractivity contribution in [2.24, 2.45) is 5.41 Å². The normalized spacial score (nSPS) is 18.3. The minimum Gasteiger partial charge on any atom is -0.493 e. The van der Waals surface area contributed by atoms with Crippen molar-refractivity contribution in [3.63, 3.8) is 0 Å². The molecule has 0 aromatic heterocycles. The van der Waals surface area contributed by atoms with Gasteiger partial charge in [0.1, 0.15) is 5.75 Å². The van der Waals surface area contributed by atoms with Crippen molar-refractivity contribution in [1.29, 1.82) is 0 Å². The first kappa shape index (κ1) is 27.2. The topological polar surface area (TPSA) is 66.9 Å². The smallest absolute Gasteiger partial charge is 0.223 e. The van der Waals surface area contributed by atoms with Crippen LogP contribution >= 0.6 is 11.6 Å². The molecule has 1 aliphatic heterocycles. The number of rotatable bonds is 10. The molecule has 8 heteroatoms. The van der Waals surface area contributed by atoms with Gasteiger partial charge >= 0.3 is 0 Å². The van der Waals surface area contributed by atoms with E-state index in [0.717, 1.165) is 11.1 Å². The lowest BCUT2D eigenvalue weighted by Crippen LogP contribution is -2.50. The van der Waals surface area contributed by atoms with Gasteiger partial charge in [-0.1, -0.05) is 72.3 Å². The van der Waals surface area contributed by atoms with Crippen LogP contribution in [0.3, 0.4) is 0 Å². The zero-order valence-electron chi connectivity index (χ0n) is 21.1. The molecule has 6 nitrogen and oxygen atoms in total. The number of hydrogen-bond donors (Lipinski definition) is 0. The van der Waals surface area contributed by atoms with Crippen LogP contribution in [0.25, 0.3) is 0 Å². The fourth-order valence-corrected chi connectivity index (χ4v) is 6.56. The number of benzene rings is 3. The maximum atomic E-state index is 13.4. The minimum atomic E-state index is -3.57. The lowest BCUT2D eigenvalue weighted by atomic mass is 9.78. The number of carbonyl (C=O) groups is 1. The molecule has 3 aromatic carbocycles. The van der Waals surface area contributed by atoms with E-state index in [1.165, 1.54) is 0 Å². The zero-order chi connectivity index (χ0) is 26.3. The van der Waals surface area contributed by atoms with Gasteiger partial charge in [-0.15, -0.1) is 0 Å². The summed E-state index contributed by atoms with van der Waals surface area (Å²) in [6.07, 6.45) is 1.55. The summed E-state index contributed by atoms with van der Waals surface area (Å²) in [5, 5.41) is 0.607. The molecule has 37 heavy (non-hydrogen) atoms. The molecule has 0 bridgehead atoms. The molecule has 3 aromatic rings. The van der Waals surface area contributed by atoms with Gasteiger partial charge in [0.2, 0.25) is 15.9 Å². The van der Waals surface area contributed by atoms with Crippen LogP contribution in [0, 0.1) is 5.41 Å². The van der Waals surface area contributed by atoms with Crippen molar-refractivity contribution in [1.82, 2.24) is 9.21 Å². The van der Waals surface area contributed by atoms with Crippen LogP contribution in [0.1, 0.15) is 30.4 Å². The van der Waals surface area contributed by atoms with E-state index >= 15 is 0 Å². The van der Waals surface area contributed by atoms with Crippen molar-refractivity contribution < 1.29 is 17.9 Å². The fraction of sp³-hybridized carbons (Fsp3) is 0.345. The molecule has 0 saturated carbocycles. The second-order valence-electron chi connectivity index (χ2n) is 9.83. The van der Waals surface area contributed by atoms with Crippen molar-refractivity contribution in [3.05, 3.63) is 101 Å². The van der Waals surface area contributed by atoms with E-state index in [9.17, 15) is 13.2 Å². The average molecular weight is 541 g/mol. The van der Waals surface area contributed by atoms with Gasteiger partial charge in [0.15, 0.2) is 0 Å². The first-order chi connectivity index (χ1) is 17.7. The average Bonchev–Trinajstić information content (AvgIpc) is 2.89. The lowest BCUT2D eigenvalue weighted by molar-refractivity contribution is -0.134. The molecule has 0 radical (unpaired) electrons. The van der Waals surface area contributed by atoms with Crippen LogP contribution in [-0.4, -0.2) is 50.3 Å². The van der Waals surface area contributed by atoms with Crippen LogP contribution in [0.5, 0.6) is 5.75 Å². The van der Waals surface area contributed by atoms with E-state index < -0.39 is 15.4 Å². The number of hydrogen-bond acceptors (Lipinski definition) is 4. The molecule has 0 aliphatic carbocycles. The van der Waals surface area contributed by atoms with E-state index in [1.807, 2.05) is 60.7 Å². The molecule has 196 valence electrons. The van der Waals surface area contributed by atoms with E-state index in [1.54, 1.807) is 40.5 Å². The van der Waals surface area contributed by atoms with Crippen molar-refractivity contribution >= 4 is 27.5 Å². The van der Waals surface area contributed by atoms with E-state index in [0.29, 0.717) is 36.7 Å². The number of sulfonamides is 1. The molecule has 1 amide bonds. The first-order valence-electron chi connectivity index (χ1n) is 12.4. The van der Waals surface area contributed by atoms with E-state index in [4.69, 9.17) is 16.3 Å². The second-order valence-corrected chi connectivity index (χ2v) is 12.2. The second kappa shape index (κ2) is 12.1. The Bertz CT molecular complexity index is 1270. The number of amides is 1. The quantitative estimate of drug-likeness (QED) is 0.346. The number of piperidine rings is 1. The van der Waals surface area contributed by atoms with Crippen LogP contribution in [0.15, 0.2) is 84.9 Å². The molecule has 0 spiro atoms. The maximum absolute atomic E-state index is 13.4. The van der Waals surface area contributed by atoms with Crippen LogP contribution < -0.4 is 4.74 Å². The fourth-order valence-electron chi connectivity index (χ4n) is 4.76. The van der Waals surface area contributed by atoms with Crippen molar-refractivity contribution in [3.8, 4) is 5.75 Å². The Morgan fingerprint density at radius 3 is 2.24 bits per heavy atom. The van der Waals surface area contributed by atoms with Gasteiger partial charge < -0.3 is 9.64 Å². The highest BCUT2D eigenvalue weighted by atomic mass is 35.5. The van der Waals surface area contributed by atoms with Crippen LogP contribution in [0.2, 0.25) is 5.02 Å². The molecule has 1 saturated heterocycles. The summed E-state index contributed by atoms with van der Waals surface area (Å²) in [6, 6.07) is 26.1. The molecule has 0 N–H and O–H groups in total. The summed E-state index contributed by atoms with van der Waals surface area (Å²) >= 11 is 6.01. The molecule has 1 heterocycles. The summed E-state index contributed by atoms with van der Waals surface area (Å²) in [4.78, 5) is 15.1. The molecular weight excluding hydrogens is 508 g/mol. The van der Waals surface area contributed by atoms with Crippen LogP contribution in [0.4, 0.5) is 0 Å².